The zero-order valence-corrected chi connectivity index (χ0v) is 12.1. The van der Waals surface area contributed by atoms with Crippen molar-refractivity contribution in [3.8, 4) is 5.69 Å². The van der Waals surface area contributed by atoms with E-state index < -0.39 is 17.8 Å². The number of aromatic nitrogens is 3. The van der Waals surface area contributed by atoms with Gasteiger partial charge in [-0.3, -0.25) is 0 Å². The Balaban J connectivity index is 2.22. The molecule has 2 N–H and O–H groups in total. The van der Waals surface area contributed by atoms with Crippen LogP contribution in [0.25, 0.3) is 5.69 Å². The molecule has 2 amide bonds. The first kappa shape index (κ1) is 16.7. The predicted octanol–water partition coefficient (Wildman–Crippen LogP) is 2.05. The molecular formula is C13H14F3N5O2. The van der Waals surface area contributed by atoms with Crippen molar-refractivity contribution in [1.29, 1.82) is 0 Å². The summed E-state index contributed by atoms with van der Waals surface area (Å²) >= 11 is 0. The van der Waals surface area contributed by atoms with Crippen LogP contribution >= 0.6 is 0 Å². The zero-order valence-electron chi connectivity index (χ0n) is 12.1. The van der Waals surface area contributed by atoms with E-state index in [9.17, 15) is 18.0 Å². The number of hydrogen-bond acceptors (Lipinski definition) is 4. The summed E-state index contributed by atoms with van der Waals surface area (Å²) in [5.74, 6) is 0. The molecule has 0 aliphatic rings. The minimum atomic E-state index is -4.61. The Morgan fingerprint density at radius 3 is 2.78 bits per heavy atom. The van der Waals surface area contributed by atoms with Gasteiger partial charge in [-0.1, -0.05) is 0 Å². The Hall–Kier alpha value is -2.62. The lowest BCUT2D eigenvalue weighted by atomic mass is 10.1. The number of hydrogen-bond donors (Lipinski definition) is 2. The Morgan fingerprint density at radius 2 is 2.17 bits per heavy atom. The minimum Gasteiger partial charge on any atom is -0.383 e. The summed E-state index contributed by atoms with van der Waals surface area (Å²) in [4.78, 5) is 15.2. The number of methoxy groups -OCH3 is 1. The fourth-order valence-electron chi connectivity index (χ4n) is 1.82. The molecule has 0 radical (unpaired) electrons. The smallest absolute Gasteiger partial charge is 0.383 e. The number of urea groups is 1. The van der Waals surface area contributed by atoms with Crippen LogP contribution in [0.4, 0.5) is 23.7 Å². The molecule has 1 heterocycles. The molecule has 0 bridgehead atoms. The van der Waals surface area contributed by atoms with Gasteiger partial charge < -0.3 is 15.4 Å². The number of ether oxygens (including phenoxy) is 1. The highest BCUT2D eigenvalue weighted by Crippen LogP contribution is 2.35. The summed E-state index contributed by atoms with van der Waals surface area (Å²) in [6.45, 7) is 0.540. The molecule has 1 aromatic heterocycles. The number of anilines is 1. The van der Waals surface area contributed by atoms with Gasteiger partial charge in [-0.25, -0.2) is 14.5 Å². The molecule has 0 saturated heterocycles. The standard InChI is InChI=1S/C13H14F3N5O2/c1-23-5-4-18-12(22)20-9-2-3-11(21-8-17-7-19-21)10(6-9)13(14,15)16/h2-3,6-8H,4-5H2,1H3,(H2,18,20,22). The Labute approximate surface area is 129 Å². The van der Waals surface area contributed by atoms with Crippen LogP contribution in [0.5, 0.6) is 0 Å². The van der Waals surface area contributed by atoms with Crippen molar-refractivity contribution in [2.75, 3.05) is 25.6 Å². The van der Waals surface area contributed by atoms with Crippen molar-refractivity contribution in [2.24, 2.45) is 0 Å². The Morgan fingerprint density at radius 1 is 1.39 bits per heavy atom. The van der Waals surface area contributed by atoms with E-state index in [0.717, 1.165) is 23.4 Å². The molecular weight excluding hydrogens is 315 g/mol. The quantitative estimate of drug-likeness (QED) is 0.823. The molecule has 0 fully saturated rings. The van der Waals surface area contributed by atoms with Crippen molar-refractivity contribution in [3.63, 3.8) is 0 Å². The summed E-state index contributed by atoms with van der Waals surface area (Å²) in [5.41, 5.74) is -1.10. The van der Waals surface area contributed by atoms with Crippen molar-refractivity contribution >= 4 is 11.7 Å². The third kappa shape index (κ3) is 4.42. The van der Waals surface area contributed by atoms with Gasteiger partial charge in [0, 0.05) is 19.3 Å². The lowest BCUT2D eigenvalue weighted by molar-refractivity contribution is -0.137. The van der Waals surface area contributed by atoms with Crippen LogP contribution in [-0.4, -0.2) is 41.1 Å². The SMILES string of the molecule is COCCNC(=O)Nc1ccc(-n2cncn2)c(C(F)(F)F)c1. The largest absolute Gasteiger partial charge is 0.418 e. The van der Waals surface area contributed by atoms with Gasteiger partial charge in [-0.2, -0.15) is 18.3 Å². The number of nitrogens with zero attached hydrogens (tertiary/aromatic N) is 3. The molecule has 10 heteroatoms. The lowest BCUT2D eigenvalue weighted by Gasteiger charge is -2.15. The first-order chi connectivity index (χ1) is 10.9. The van der Waals surface area contributed by atoms with Crippen molar-refractivity contribution in [3.05, 3.63) is 36.4 Å². The van der Waals surface area contributed by atoms with E-state index in [4.69, 9.17) is 4.74 Å². The normalized spacial score (nSPS) is 11.3. The molecule has 1 aromatic carbocycles. The molecule has 7 nitrogen and oxygen atoms in total. The van der Waals surface area contributed by atoms with Crippen LogP contribution in [-0.2, 0) is 10.9 Å². The molecule has 0 saturated carbocycles. The van der Waals surface area contributed by atoms with Gasteiger partial charge in [0.25, 0.3) is 0 Å². The van der Waals surface area contributed by atoms with Crippen LogP contribution < -0.4 is 10.6 Å². The van der Waals surface area contributed by atoms with Crippen LogP contribution in [0.2, 0.25) is 0 Å². The van der Waals surface area contributed by atoms with E-state index in [2.05, 4.69) is 20.7 Å². The molecule has 2 aromatic rings. The van der Waals surface area contributed by atoms with E-state index >= 15 is 0 Å². The summed E-state index contributed by atoms with van der Waals surface area (Å²) in [5, 5.41) is 8.48. The molecule has 0 unspecified atom stereocenters. The van der Waals surface area contributed by atoms with Gasteiger partial charge in [-0.15, -0.1) is 0 Å². The van der Waals surface area contributed by atoms with Gasteiger partial charge in [0.15, 0.2) is 0 Å². The second kappa shape index (κ2) is 7.09. The maximum Gasteiger partial charge on any atom is 0.418 e. The lowest BCUT2D eigenvalue weighted by Crippen LogP contribution is -2.31. The van der Waals surface area contributed by atoms with E-state index in [-0.39, 0.29) is 17.9 Å². The number of halogens is 3. The van der Waals surface area contributed by atoms with E-state index in [1.807, 2.05) is 0 Å². The summed E-state index contributed by atoms with van der Waals surface area (Å²) in [6.07, 6.45) is -2.31. The number of benzene rings is 1. The van der Waals surface area contributed by atoms with Crippen LogP contribution in [0.3, 0.4) is 0 Å². The maximum absolute atomic E-state index is 13.2. The number of rotatable bonds is 5. The molecule has 0 aliphatic carbocycles. The third-order valence-electron chi connectivity index (χ3n) is 2.82. The average Bonchev–Trinajstić information content (AvgIpc) is 3.00. The number of carbonyl (C=O) groups is 1. The fourth-order valence-corrected chi connectivity index (χ4v) is 1.82. The highest BCUT2D eigenvalue weighted by Gasteiger charge is 2.34. The van der Waals surface area contributed by atoms with Gasteiger partial charge >= 0.3 is 12.2 Å². The maximum atomic E-state index is 13.2. The predicted molar refractivity (Wildman–Crippen MR) is 75.3 cm³/mol. The van der Waals surface area contributed by atoms with Crippen LogP contribution in [0, 0.1) is 0 Å². The number of nitrogens with one attached hydrogen (secondary N) is 2. The van der Waals surface area contributed by atoms with Crippen molar-refractivity contribution in [2.45, 2.75) is 6.18 Å². The molecule has 2 rings (SSSR count). The van der Waals surface area contributed by atoms with E-state index in [1.165, 1.54) is 19.2 Å². The molecule has 0 spiro atoms. The number of carbonyl (C=O) groups excluding carboxylic acids is 1. The molecule has 0 aliphatic heterocycles. The third-order valence-corrected chi connectivity index (χ3v) is 2.82. The van der Waals surface area contributed by atoms with Gasteiger partial charge in [0.1, 0.15) is 12.7 Å². The first-order valence-corrected chi connectivity index (χ1v) is 6.52. The zero-order chi connectivity index (χ0) is 16.9. The van der Waals surface area contributed by atoms with Crippen molar-refractivity contribution in [1.82, 2.24) is 20.1 Å². The highest BCUT2D eigenvalue weighted by molar-refractivity contribution is 5.89. The topological polar surface area (TPSA) is 81.1 Å². The Kier molecular flexibility index (Phi) is 5.16. The van der Waals surface area contributed by atoms with Gasteiger partial charge in [0.05, 0.1) is 17.9 Å². The molecule has 124 valence electrons. The fraction of sp³-hybridized carbons (Fsp3) is 0.308. The summed E-state index contributed by atoms with van der Waals surface area (Å²) < 4.78 is 45.4. The second-order valence-corrected chi connectivity index (χ2v) is 4.44. The monoisotopic (exact) mass is 329 g/mol. The average molecular weight is 329 g/mol. The van der Waals surface area contributed by atoms with Crippen LogP contribution in [0.15, 0.2) is 30.9 Å². The summed E-state index contributed by atoms with van der Waals surface area (Å²) in [7, 11) is 1.47. The van der Waals surface area contributed by atoms with E-state index in [1.54, 1.807) is 0 Å². The molecule has 0 atom stereocenters. The minimum absolute atomic E-state index is 0.0103. The van der Waals surface area contributed by atoms with Gasteiger partial charge in [-0.05, 0) is 18.2 Å². The van der Waals surface area contributed by atoms with Crippen molar-refractivity contribution < 1.29 is 22.7 Å². The molecule has 23 heavy (non-hydrogen) atoms. The number of amides is 2. The highest BCUT2D eigenvalue weighted by atomic mass is 19.4. The second-order valence-electron chi connectivity index (χ2n) is 4.44. The van der Waals surface area contributed by atoms with Gasteiger partial charge in [0.2, 0.25) is 0 Å². The van der Waals surface area contributed by atoms with Crippen LogP contribution in [0.1, 0.15) is 5.56 Å². The number of alkyl halides is 3. The first-order valence-electron chi connectivity index (χ1n) is 6.52. The Bertz CT molecular complexity index is 658. The summed E-state index contributed by atoms with van der Waals surface area (Å²) in [6, 6.07) is 2.78. The van der Waals surface area contributed by atoms with E-state index in [0.29, 0.717) is 6.61 Å².